The Balaban J connectivity index is 0.000000195. The maximum Gasteiger partial charge on any atom is 0.255 e. The molecule has 222 valence electrons. The highest BCUT2D eigenvalue weighted by Crippen LogP contribution is 2.36. The maximum atomic E-state index is 13.2. The number of furan rings is 1. The summed E-state index contributed by atoms with van der Waals surface area (Å²) >= 11 is 1.58. The quantitative estimate of drug-likeness (QED) is 0.172. The van der Waals surface area contributed by atoms with Crippen molar-refractivity contribution in [3.63, 3.8) is 0 Å². The van der Waals surface area contributed by atoms with Crippen LogP contribution >= 0.6 is 11.9 Å². The molecule has 1 aliphatic heterocycles. The first kappa shape index (κ1) is 31.3. The molecule has 4 heterocycles. The van der Waals surface area contributed by atoms with Crippen LogP contribution in [0.2, 0.25) is 0 Å². The number of halogens is 1. The minimum absolute atomic E-state index is 0.174. The number of nitrogens with zero attached hydrogens (tertiary/aromatic N) is 3. The summed E-state index contributed by atoms with van der Waals surface area (Å²) in [6.07, 6.45) is 17.4. The average Bonchev–Trinajstić information content (AvgIpc) is 3.67. The summed E-state index contributed by atoms with van der Waals surface area (Å²) < 4.78 is 23.2. The van der Waals surface area contributed by atoms with Crippen molar-refractivity contribution in [1.82, 2.24) is 14.6 Å². The zero-order chi connectivity index (χ0) is 30.9. The number of aromatic nitrogens is 1. The molecule has 1 saturated heterocycles. The lowest BCUT2D eigenvalue weighted by Crippen LogP contribution is -2.35. The molecule has 0 saturated carbocycles. The number of pyridine rings is 1. The van der Waals surface area contributed by atoms with Gasteiger partial charge in [0.25, 0.3) is 11.8 Å². The van der Waals surface area contributed by atoms with Gasteiger partial charge < -0.3 is 23.3 Å². The molecule has 0 radical (unpaired) electrons. The molecule has 1 fully saturated rings. The number of likely N-dealkylation sites (tertiary alicyclic amines) is 1. The molecule has 1 aliphatic rings. The number of rotatable bonds is 5. The van der Waals surface area contributed by atoms with Crippen LogP contribution in [0.4, 0.5) is 10.1 Å². The van der Waals surface area contributed by atoms with E-state index >= 15 is 0 Å². The van der Waals surface area contributed by atoms with Crippen molar-refractivity contribution >= 4 is 45.9 Å². The molecule has 2 aromatic carbocycles. The van der Waals surface area contributed by atoms with Gasteiger partial charge in [0.15, 0.2) is 0 Å². The van der Waals surface area contributed by atoms with E-state index in [1.54, 1.807) is 31.1 Å². The summed E-state index contributed by atoms with van der Waals surface area (Å²) in [5.74, 6) is 0.0426. The number of anilines is 1. The van der Waals surface area contributed by atoms with E-state index in [0.717, 1.165) is 48.1 Å². The summed E-state index contributed by atoms with van der Waals surface area (Å²) in [6, 6.07) is 19.6. The summed E-state index contributed by atoms with van der Waals surface area (Å²) in [4.78, 5) is 26.6. The van der Waals surface area contributed by atoms with Crippen LogP contribution in [0.3, 0.4) is 0 Å². The summed E-state index contributed by atoms with van der Waals surface area (Å²) in [5, 5.41) is 3.37. The van der Waals surface area contributed by atoms with Gasteiger partial charge in [0.05, 0.1) is 16.8 Å². The fourth-order valence-corrected chi connectivity index (χ4v) is 5.32. The van der Waals surface area contributed by atoms with Crippen molar-refractivity contribution in [1.29, 1.82) is 0 Å². The standard InChI is InChI=1S/C18H17FN2O2S.C14H16N2O.C2H2/c1-20-18(22)16-14-9-8-13(21(2)24-3)10-15(14)23-17(16)11-4-6-12(19)7-5-11;17-14(15-7-3-1-4-8-15)12-10-13-6-2-5-9-16(13)11-12;1-2/h4-10H,1-3H3,(H,20,22);2,5-6,9-11H,1,3-4,7-8H2;1-2H. The molecule has 0 aliphatic carbocycles. The van der Waals surface area contributed by atoms with Crippen molar-refractivity contribution in [3.05, 3.63) is 96.1 Å². The lowest BCUT2D eigenvalue weighted by Gasteiger charge is -2.26. The van der Waals surface area contributed by atoms with Crippen molar-refractivity contribution in [3.8, 4) is 24.2 Å². The van der Waals surface area contributed by atoms with Crippen LogP contribution in [0.25, 0.3) is 27.8 Å². The molecule has 0 unspecified atom stereocenters. The lowest BCUT2D eigenvalue weighted by atomic mass is 10.0. The molecular formula is C34H35FN4O3S. The first-order valence-electron chi connectivity index (χ1n) is 13.9. The van der Waals surface area contributed by atoms with Gasteiger partial charge in [-0.2, -0.15) is 0 Å². The van der Waals surface area contributed by atoms with E-state index in [9.17, 15) is 14.0 Å². The highest BCUT2D eigenvalue weighted by atomic mass is 32.2. The molecule has 0 atom stereocenters. The number of hydrogen-bond acceptors (Lipinski definition) is 5. The Bertz CT molecular complexity index is 1690. The number of amides is 2. The fraction of sp³-hybridized carbons (Fsp3) is 0.235. The second-order valence-corrected chi connectivity index (χ2v) is 10.8. The lowest BCUT2D eigenvalue weighted by molar-refractivity contribution is 0.0724. The molecule has 6 rings (SSSR count). The predicted molar refractivity (Wildman–Crippen MR) is 174 cm³/mol. The third-order valence-corrected chi connectivity index (χ3v) is 8.02. The van der Waals surface area contributed by atoms with Gasteiger partial charge in [0.2, 0.25) is 0 Å². The van der Waals surface area contributed by atoms with E-state index in [1.807, 2.05) is 81.8 Å². The van der Waals surface area contributed by atoms with Gasteiger partial charge in [-0.25, -0.2) is 4.39 Å². The molecule has 7 nitrogen and oxygen atoms in total. The molecule has 0 spiro atoms. The van der Waals surface area contributed by atoms with Gasteiger partial charge in [0, 0.05) is 68.4 Å². The van der Waals surface area contributed by atoms with Crippen molar-refractivity contribution < 1.29 is 18.4 Å². The molecular weight excluding hydrogens is 563 g/mol. The SMILES string of the molecule is C#C.CNC(=O)c1c(-c2ccc(F)cc2)oc2cc(N(C)SC)ccc12.O=C(c1cc2ccccn2c1)N1CCCCC1. The topological polar surface area (TPSA) is 70.2 Å². The Kier molecular flexibility index (Phi) is 10.5. The van der Waals surface area contributed by atoms with Crippen LogP contribution in [-0.2, 0) is 0 Å². The van der Waals surface area contributed by atoms with Crippen molar-refractivity contribution in [2.24, 2.45) is 0 Å². The average molecular weight is 599 g/mol. The second-order valence-electron chi connectivity index (χ2n) is 9.87. The van der Waals surface area contributed by atoms with E-state index in [2.05, 4.69) is 18.2 Å². The van der Waals surface area contributed by atoms with Crippen LogP contribution in [0.1, 0.15) is 40.0 Å². The normalized spacial score (nSPS) is 12.6. The number of nitrogens with one attached hydrogen (secondary N) is 1. The Morgan fingerprint density at radius 2 is 1.72 bits per heavy atom. The molecule has 2 amide bonds. The minimum atomic E-state index is -0.333. The summed E-state index contributed by atoms with van der Waals surface area (Å²) in [6.45, 7) is 1.82. The van der Waals surface area contributed by atoms with E-state index in [-0.39, 0.29) is 17.6 Å². The van der Waals surface area contributed by atoms with Gasteiger partial charge in [-0.1, -0.05) is 18.0 Å². The highest BCUT2D eigenvalue weighted by molar-refractivity contribution is 7.99. The van der Waals surface area contributed by atoms with Crippen LogP contribution in [0.15, 0.2) is 83.5 Å². The number of hydrogen-bond donors (Lipinski definition) is 1. The third kappa shape index (κ3) is 7.04. The van der Waals surface area contributed by atoms with Gasteiger partial charge >= 0.3 is 0 Å². The Hall–Kier alpha value is -4.68. The van der Waals surface area contributed by atoms with E-state index < -0.39 is 0 Å². The second kappa shape index (κ2) is 14.5. The molecule has 43 heavy (non-hydrogen) atoms. The Morgan fingerprint density at radius 3 is 2.37 bits per heavy atom. The minimum Gasteiger partial charge on any atom is -0.455 e. The zero-order valence-corrected chi connectivity index (χ0v) is 25.4. The van der Waals surface area contributed by atoms with E-state index in [1.165, 1.54) is 18.6 Å². The maximum absolute atomic E-state index is 13.2. The number of terminal acetylenes is 1. The number of piperidine rings is 1. The zero-order valence-electron chi connectivity index (χ0n) is 24.5. The molecule has 3 aromatic heterocycles. The first-order valence-corrected chi connectivity index (χ1v) is 15.1. The van der Waals surface area contributed by atoms with Gasteiger partial charge in [-0.3, -0.25) is 9.59 Å². The number of fused-ring (bicyclic) bond motifs is 2. The van der Waals surface area contributed by atoms with Crippen LogP contribution in [-0.4, -0.2) is 54.6 Å². The number of carbonyl (C=O) groups excluding carboxylic acids is 2. The Labute approximate surface area is 255 Å². The van der Waals surface area contributed by atoms with Crippen molar-refractivity contribution in [2.75, 3.05) is 37.7 Å². The largest absolute Gasteiger partial charge is 0.455 e. The summed E-state index contributed by atoms with van der Waals surface area (Å²) in [7, 11) is 3.53. The number of benzene rings is 2. The monoisotopic (exact) mass is 598 g/mol. The first-order chi connectivity index (χ1) is 20.9. The van der Waals surface area contributed by atoms with Crippen LogP contribution < -0.4 is 9.62 Å². The van der Waals surface area contributed by atoms with E-state index in [0.29, 0.717) is 22.5 Å². The Morgan fingerprint density at radius 1 is 1.00 bits per heavy atom. The van der Waals surface area contributed by atoms with E-state index in [4.69, 9.17) is 4.42 Å². The third-order valence-electron chi connectivity index (χ3n) is 7.27. The van der Waals surface area contributed by atoms with Gasteiger partial charge in [0.1, 0.15) is 17.2 Å². The fourth-order valence-electron chi connectivity index (χ4n) is 4.99. The highest BCUT2D eigenvalue weighted by Gasteiger charge is 2.22. The van der Waals surface area contributed by atoms with Gasteiger partial charge in [-0.15, -0.1) is 12.8 Å². The molecule has 5 aromatic rings. The molecule has 1 N–H and O–H groups in total. The number of carbonyl (C=O) groups is 2. The molecule has 9 heteroatoms. The van der Waals surface area contributed by atoms with Crippen LogP contribution in [0, 0.1) is 18.7 Å². The summed E-state index contributed by atoms with van der Waals surface area (Å²) in [5.41, 5.74) is 4.58. The van der Waals surface area contributed by atoms with Crippen LogP contribution in [0.5, 0.6) is 0 Å². The van der Waals surface area contributed by atoms with Crippen molar-refractivity contribution in [2.45, 2.75) is 19.3 Å². The predicted octanol–water partition coefficient (Wildman–Crippen LogP) is 7.13. The van der Waals surface area contributed by atoms with Gasteiger partial charge in [-0.05, 0) is 73.9 Å². The molecule has 0 bridgehead atoms. The smallest absolute Gasteiger partial charge is 0.255 e.